The molecule has 2 aromatic heterocycles. The number of aryl methyl sites for hydroxylation is 2. The summed E-state index contributed by atoms with van der Waals surface area (Å²) in [6, 6.07) is 4.11. The minimum atomic E-state index is 0.0537. The molecule has 1 N–H and O–H groups in total. The molecule has 2 rings (SSSR count). The van der Waals surface area contributed by atoms with Gasteiger partial charge >= 0.3 is 0 Å². The number of amides is 1. The van der Waals surface area contributed by atoms with Crippen LogP contribution in [0.4, 0.5) is 0 Å². The highest BCUT2D eigenvalue weighted by atomic mass is 32.2. The van der Waals surface area contributed by atoms with Crippen LogP contribution in [-0.2, 0) is 5.75 Å². The summed E-state index contributed by atoms with van der Waals surface area (Å²) in [5.74, 6) is 2.03. The van der Waals surface area contributed by atoms with Gasteiger partial charge in [0.05, 0.1) is 5.56 Å². The van der Waals surface area contributed by atoms with Crippen LogP contribution in [0.3, 0.4) is 0 Å². The first-order valence-electron chi connectivity index (χ1n) is 6.11. The predicted molar refractivity (Wildman–Crippen MR) is 86.6 cm³/mol. The van der Waals surface area contributed by atoms with Crippen molar-refractivity contribution in [3.8, 4) is 0 Å². The van der Waals surface area contributed by atoms with Crippen LogP contribution in [0.5, 0.6) is 0 Å². The Morgan fingerprint density at radius 2 is 2.26 bits per heavy atom. The largest absolute Gasteiger partial charge is 0.351 e. The van der Waals surface area contributed by atoms with Crippen LogP contribution in [-0.4, -0.2) is 18.2 Å². The van der Waals surface area contributed by atoms with Gasteiger partial charge in [-0.3, -0.25) is 4.79 Å². The maximum atomic E-state index is 12.0. The molecule has 0 saturated heterocycles. The second-order valence-electron chi connectivity index (χ2n) is 4.27. The van der Waals surface area contributed by atoms with Gasteiger partial charge in [0.25, 0.3) is 5.91 Å². The molecule has 0 aliphatic carbocycles. The van der Waals surface area contributed by atoms with Gasteiger partial charge in [0.2, 0.25) is 0 Å². The lowest BCUT2D eigenvalue weighted by molar-refractivity contribution is 0.0956. The third kappa shape index (κ3) is 4.37. The molecular weight excluding hydrogens is 294 g/mol. The fraction of sp³-hybridized carbons (Fsp3) is 0.357. The number of carbonyl (C=O) groups is 1. The standard InChI is InChI=1S/C14H17NOS3/c1-10-7-13(11(2)19-10)14(16)15-4-6-18-9-12-3-5-17-8-12/h3,5,7-8H,4,6,9H2,1-2H3,(H,15,16). The van der Waals surface area contributed by atoms with Crippen molar-refractivity contribution in [2.75, 3.05) is 12.3 Å². The summed E-state index contributed by atoms with van der Waals surface area (Å²) < 4.78 is 0. The molecule has 0 aliphatic rings. The third-order valence-electron chi connectivity index (χ3n) is 2.67. The molecule has 102 valence electrons. The van der Waals surface area contributed by atoms with Gasteiger partial charge in [-0.05, 0) is 42.3 Å². The van der Waals surface area contributed by atoms with E-state index >= 15 is 0 Å². The number of rotatable bonds is 6. The van der Waals surface area contributed by atoms with Gasteiger partial charge in [-0.1, -0.05) is 0 Å². The molecule has 0 bridgehead atoms. The van der Waals surface area contributed by atoms with Crippen molar-refractivity contribution in [3.63, 3.8) is 0 Å². The van der Waals surface area contributed by atoms with Crippen LogP contribution < -0.4 is 5.32 Å². The summed E-state index contributed by atoms with van der Waals surface area (Å²) in [7, 11) is 0. The molecule has 0 spiro atoms. The molecule has 0 atom stereocenters. The summed E-state index contributed by atoms with van der Waals surface area (Å²) in [5.41, 5.74) is 2.19. The van der Waals surface area contributed by atoms with E-state index in [2.05, 4.69) is 22.1 Å². The molecule has 19 heavy (non-hydrogen) atoms. The highest BCUT2D eigenvalue weighted by molar-refractivity contribution is 7.98. The average Bonchev–Trinajstić information content (AvgIpc) is 2.98. The summed E-state index contributed by atoms with van der Waals surface area (Å²) in [6.07, 6.45) is 0. The molecular formula is C14H17NOS3. The fourth-order valence-corrected chi connectivity index (χ4v) is 4.25. The molecule has 2 aromatic rings. The van der Waals surface area contributed by atoms with Crippen molar-refractivity contribution < 1.29 is 4.79 Å². The number of thioether (sulfide) groups is 1. The summed E-state index contributed by atoms with van der Waals surface area (Å²) in [6.45, 7) is 4.75. The number of hydrogen-bond acceptors (Lipinski definition) is 4. The summed E-state index contributed by atoms with van der Waals surface area (Å²) in [5, 5.41) is 7.25. The maximum Gasteiger partial charge on any atom is 0.252 e. The summed E-state index contributed by atoms with van der Waals surface area (Å²) >= 11 is 5.25. The van der Waals surface area contributed by atoms with Crippen LogP contribution in [0.2, 0.25) is 0 Å². The Hall–Kier alpha value is -0.780. The van der Waals surface area contributed by atoms with E-state index in [1.165, 1.54) is 10.4 Å². The van der Waals surface area contributed by atoms with Gasteiger partial charge in [0.15, 0.2) is 0 Å². The molecule has 2 nitrogen and oxygen atoms in total. The van der Waals surface area contributed by atoms with Crippen molar-refractivity contribution in [2.24, 2.45) is 0 Å². The first-order valence-corrected chi connectivity index (χ1v) is 9.02. The Morgan fingerprint density at radius 3 is 2.89 bits per heavy atom. The molecule has 0 saturated carbocycles. The van der Waals surface area contributed by atoms with E-state index < -0.39 is 0 Å². The van der Waals surface area contributed by atoms with Gasteiger partial charge in [0, 0.05) is 27.8 Å². The van der Waals surface area contributed by atoms with Crippen molar-refractivity contribution in [2.45, 2.75) is 19.6 Å². The molecule has 0 radical (unpaired) electrons. The van der Waals surface area contributed by atoms with Gasteiger partial charge in [-0.15, -0.1) is 11.3 Å². The number of thiophene rings is 2. The lowest BCUT2D eigenvalue weighted by atomic mass is 10.2. The maximum absolute atomic E-state index is 12.0. The summed E-state index contributed by atoms with van der Waals surface area (Å²) in [4.78, 5) is 14.2. The predicted octanol–water partition coefficient (Wildman–Crippen LogP) is 4.09. The number of carbonyl (C=O) groups excluding carboxylic acids is 1. The smallest absolute Gasteiger partial charge is 0.252 e. The van der Waals surface area contributed by atoms with Crippen molar-refractivity contribution >= 4 is 40.3 Å². The number of hydrogen-bond donors (Lipinski definition) is 1. The van der Waals surface area contributed by atoms with Crippen LogP contribution in [0.15, 0.2) is 22.9 Å². The molecule has 0 fully saturated rings. The first kappa shape index (κ1) is 14.6. The quantitative estimate of drug-likeness (QED) is 0.814. The average molecular weight is 311 g/mol. The fourth-order valence-electron chi connectivity index (χ4n) is 1.75. The monoisotopic (exact) mass is 311 g/mol. The van der Waals surface area contributed by atoms with E-state index in [4.69, 9.17) is 0 Å². The Labute approximate surface area is 126 Å². The van der Waals surface area contributed by atoms with Crippen LogP contribution in [0.25, 0.3) is 0 Å². The zero-order valence-electron chi connectivity index (χ0n) is 11.1. The topological polar surface area (TPSA) is 29.1 Å². The third-order valence-corrected chi connectivity index (χ3v) is 5.39. The van der Waals surface area contributed by atoms with E-state index in [9.17, 15) is 4.79 Å². The molecule has 0 aliphatic heterocycles. The molecule has 0 aromatic carbocycles. The van der Waals surface area contributed by atoms with Crippen molar-refractivity contribution in [1.82, 2.24) is 5.32 Å². The lowest BCUT2D eigenvalue weighted by Gasteiger charge is -2.04. The van der Waals surface area contributed by atoms with E-state index in [1.807, 2.05) is 31.7 Å². The minimum Gasteiger partial charge on any atom is -0.351 e. The van der Waals surface area contributed by atoms with Gasteiger partial charge in [-0.2, -0.15) is 23.1 Å². The van der Waals surface area contributed by atoms with E-state index in [0.29, 0.717) is 0 Å². The van der Waals surface area contributed by atoms with Crippen LogP contribution >= 0.6 is 34.4 Å². The zero-order chi connectivity index (χ0) is 13.7. The Balaban J connectivity index is 1.68. The SMILES string of the molecule is Cc1cc(C(=O)NCCSCc2ccsc2)c(C)s1. The Bertz CT molecular complexity index is 531. The Kier molecular flexibility index (Phi) is 5.48. The van der Waals surface area contributed by atoms with Crippen LogP contribution in [0, 0.1) is 13.8 Å². The normalized spacial score (nSPS) is 10.6. The molecule has 2 heterocycles. The lowest BCUT2D eigenvalue weighted by Crippen LogP contribution is -2.25. The first-order chi connectivity index (χ1) is 9.16. The zero-order valence-corrected chi connectivity index (χ0v) is 13.5. The van der Waals surface area contributed by atoms with E-state index in [-0.39, 0.29) is 5.91 Å². The van der Waals surface area contributed by atoms with Crippen molar-refractivity contribution in [3.05, 3.63) is 43.8 Å². The van der Waals surface area contributed by atoms with Crippen molar-refractivity contribution in [1.29, 1.82) is 0 Å². The molecule has 0 unspecified atom stereocenters. The van der Waals surface area contributed by atoms with Crippen LogP contribution in [0.1, 0.15) is 25.7 Å². The molecule has 1 amide bonds. The van der Waals surface area contributed by atoms with Gasteiger partial charge in [-0.25, -0.2) is 0 Å². The number of nitrogens with one attached hydrogen (secondary N) is 1. The highest BCUT2D eigenvalue weighted by Gasteiger charge is 2.10. The van der Waals surface area contributed by atoms with Gasteiger partial charge in [0.1, 0.15) is 0 Å². The second kappa shape index (κ2) is 7.12. The van der Waals surface area contributed by atoms with Gasteiger partial charge < -0.3 is 5.32 Å². The Morgan fingerprint density at radius 1 is 1.42 bits per heavy atom. The van der Waals surface area contributed by atoms with E-state index in [0.717, 1.165) is 28.5 Å². The molecule has 5 heteroatoms. The second-order valence-corrected chi connectivity index (χ2v) is 7.61. The minimum absolute atomic E-state index is 0.0537. The highest BCUT2D eigenvalue weighted by Crippen LogP contribution is 2.20. The van der Waals surface area contributed by atoms with E-state index in [1.54, 1.807) is 22.7 Å².